The van der Waals surface area contributed by atoms with Crippen LogP contribution in [0.3, 0.4) is 0 Å². The summed E-state index contributed by atoms with van der Waals surface area (Å²) >= 11 is 0. The minimum Gasteiger partial charge on any atom is -0.496 e. The van der Waals surface area contributed by atoms with E-state index in [2.05, 4.69) is 10.5 Å². The van der Waals surface area contributed by atoms with Crippen LogP contribution in [0.1, 0.15) is 5.56 Å². The molecule has 0 aliphatic heterocycles. The summed E-state index contributed by atoms with van der Waals surface area (Å²) in [6.07, 6.45) is 0. The van der Waals surface area contributed by atoms with Gasteiger partial charge in [-0.1, -0.05) is 0 Å². The number of diazo groups is 1. The van der Waals surface area contributed by atoms with Crippen molar-refractivity contribution in [3.63, 3.8) is 0 Å². The highest BCUT2D eigenvalue weighted by Crippen LogP contribution is 2.21. The van der Waals surface area contributed by atoms with Gasteiger partial charge in [-0.05, 0) is 36.1 Å². The molecule has 0 saturated heterocycles. The maximum atomic E-state index is 8.22. The van der Waals surface area contributed by atoms with Crippen molar-refractivity contribution in [1.82, 2.24) is 0 Å². The first-order chi connectivity index (χ1) is 5.77. The van der Waals surface area contributed by atoms with E-state index in [-0.39, 0.29) is 0 Å². The van der Waals surface area contributed by atoms with Gasteiger partial charge in [-0.3, -0.25) is 0 Å². The van der Waals surface area contributed by atoms with Gasteiger partial charge in [0.2, 0.25) is 0 Å². The molecule has 0 aliphatic carbocycles. The van der Waals surface area contributed by atoms with Crippen molar-refractivity contribution in [3.8, 4) is 5.75 Å². The second-order valence-electron chi connectivity index (χ2n) is 2.40. The van der Waals surface area contributed by atoms with Gasteiger partial charge in [-0.15, -0.1) is 0 Å². The summed E-state index contributed by atoms with van der Waals surface area (Å²) in [5.41, 5.74) is 4.15. The maximum absolute atomic E-state index is 8.22. The summed E-state index contributed by atoms with van der Waals surface area (Å²) in [7, 11) is 1.62. The molecule has 0 saturated carbocycles. The van der Waals surface area contributed by atoms with Crippen LogP contribution in [0, 0.1) is 12.3 Å². The topological polar surface area (TPSA) is 49.4 Å². The van der Waals surface area contributed by atoms with Gasteiger partial charge >= 0.3 is 5.08 Å². The van der Waals surface area contributed by atoms with E-state index < -0.39 is 0 Å². The standard InChI is InChI=1S/C8H10N3O/c1-6-5-7(10-11-9)3-4-8(6)12-2/h3-5,10H,1-2H3/q+1. The molecule has 0 radical (unpaired) electrons. The molecular weight excluding hydrogens is 154 g/mol. The molecule has 62 valence electrons. The molecule has 0 spiro atoms. The number of nitrogens with one attached hydrogen (secondary N) is 1. The highest BCUT2D eigenvalue weighted by molar-refractivity contribution is 5.51. The van der Waals surface area contributed by atoms with Crippen LogP contribution in [-0.4, -0.2) is 7.11 Å². The normalized spacial score (nSPS) is 8.75. The second-order valence-corrected chi connectivity index (χ2v) is 2.40. The van der Waals surface area contributed by atoms with E-state index in [1.165, 1.54) is 0 Å². The van der Waals surface area contributed by atoms with Gasteiger partial charge < -0.3 is 4.74 Å². The zero-order valence-electron chi connectivity index (χ0n) is 7.03. The Kier molecular flexibility index (Phi) is 2.49. The third kappa shape index (κ3) is 1.64. The van der Waals surface area contributed by atoms with Gasteiger partial charge in [0.05, 0.1) is 7.11 Å². The highest BCUT2D eigenvalue weighted by Gasteiger charge is 2.01. The second kappa shape index (κ2) is 3.58. The Morgan fingerprint density at radius 2 is 2.25 bits per heavy atom. The SMILES string of the molecule is COc1ccc(N[N+]#N)cc1C. The lowest BCUT2D eigenvalue weighted by atomic mass is 10.2. The number of hydrogen-bond acceptors (Lipinski definition) is 3. The monoisotopic (exact) mass is 164 g/mol. The number of hydrogen-bond donors (Lipinski definition) is 1. The molecule has 1 aromatic carbocycles. The highest BCUT2D eigenvalue weighted by atomic mass is 16.5. The van der Waals surface area contributed by atoms with Crippen LogP contribution in [0.15, 0.2) is 18.2 Å². The molecule has 0 aliphatic rings. The quantitative estimate of drug-likeness (QED) is 0.538. The number of anilines is 1. The van der Waals surface area contributed by atoms with Crippen LogP contribution < -0.4 is 10.2 Å². The zero-order valence-corrected chi connectivity index (χ0v) is 7.03. The Balaban J connectivity index is 2.95. The number of methoxy groups -OCH3 is 1. The van der Waals surface area contributed by atoms with E-state index >= 15 is 0 Å². The van der Waals surface area contributed by atoms with Crippen molar-refractivity contribution in [1.29, 1.82) is 5.39 Å². The fourth-order valence-corrected chi connectivity index (χ4v) is 1.01. The molecule has 0 aromatic heterocycles. The van der Waals surface area contributed by atoms with Crippen molar-refractivity contribution in [3.05, 3.63) is 28.8 Å². The first kappa shape index (κ1) is 8.34. The number of aryl methyl sites for hydroxylation is 1. The van der Waals surface area contributed by atoms with Gasteiger partial charge in [0.25, 0.3) is 5.39 Å². The lowest BCUT2D eigenvalue weighted by Gasteiger charge is -2.02. The van der Waals surface area contributed by atoms with E-state index in [1.54, 1.807) is 13.2 Å². The van der Waals surface area contributed by atoms with Crippen LogP contribution in [0.25, 0.3) is 5.08 Å². The van der Waals surface area contributed by atoms with E-state index in [0.717, 1.165) is 17.0 Å². The maximum Gasteiger partial charge on any atom is 0.308 e. The molecule has 0 unspecified atom stereocenters. The molecule has 0 bridgehead atoms. The van der Waals surface area contributed by atoms with Gasteiger partial charge in [0.15, 0.2) is 0 Å². The van der Waals surface area contributed by atoms with E-state index in [1.807, 2.05) is 19.1 Å². The van der Waals surface area contributed by atoms with Gasteiger partial charge in [-0.2, -0.15) is 0 Å². The van der Waals surface area contributed by atoms with Crippen LogP contribution >= 0.6 is 0 Å². The molecule has 1 rings (SSSR count). The lowest BCUT2D eigenvalue weighted by molar-refractivity contribution is 0.412. The Labute approximate surface area is 70.8 Å². The fraction of sp³-hybridized carbons (Fsp3) is 0.250. The molecule has 0 fully saturated rings. The van der Waals surface area contributed by atoms with E-state index in [0.29, 0.717) is 0 Å². The van der Waals surface area contributed by atoms with Crippen molar-refractivity contribution in [2.75, 3.05) is 12.5 Å². The zero-order chi connectivity index (χ0) is 8.97. The summed E-state index contributed by atoms with van der Waals surface area (Å²) < 4.78 is 5.06. The average molecular weight is 164 g/mol. The fourth-order valence-electron chi connectivity index (χ4n) is 1.01. The number of nitrogens with zero attached hydrogens (tertiary/aromatic N) is 2. The third-order valence-electron chi connectivity index (χ3n) is 1.57. The molecule has 12 heavy (non-hydrogen) atoms. The molecule has 0 amide bonds. The summed E-state index contributed by atoms with van der Waals surface area (Å²) in [6.45, 7) is 1.92. The van der Waals surface area contributed by atoms with E-state index in [9.17, 15) is 0 Å². The number of benzene rings is 1. The summed E-state index contributed by atoms with van der Waals surface area (Å²) in [4.78, 5) is 0. The lowest BCUT2D eigenvalue weighted by Crippen LogP contribution is -1.89. The van der Waals surface area contributed by atoms with Crippen LogP contribution in [0.4, 0.5) is 5.69 Å². The molecular formula is C8H10N3O+. The van der Waals surface area contributed by atoms with Crippen molar-refractivity contribution < 1.29 is 4.74 Å². The Hall–Kier alpha value is -1.76. The minimum absolute atomic E-state index is 0.732. The Morgan fingerprint density at radius 1 is 1.50 bits per heavy atom. The van der Waals surface area contributed by atoms with Crippen LogP contribution in [-0.2, 0) is 0 Å². The van der Waals surface area contributed by atoms with Crippen molar-refractivity contribution in [2.45, 2.75) is 6.92 Å². The molecule has 4 heteroatoms. The third-order valence-corrected chi connectivity index (χ3v) is 1.57. The molecule has 1 aromatic rings. The predicted octanol–water partition coefficient (Wildman–Crippen LogP) is 2.18. The summed E-state index contributed by atoms with van der Waals surface area (Å²) in [5.74, 6) is 0.818. The Bertz CT molecular complexity index is 317. The van der Waals surface area contributed by atoms with Crippen molar-refractivity contribution >= 4 is 5.69 Å². The van der Waals surface area contributed by atoms with Gasteiger partial charge in [-0.25, -0.2) is 0 Å². The largest absolute Gasteiger partial charge is 0.496 e. The smallest absolute Gasteiger partial charge is 0.308 e. The molecule has 0 heterocycles. The first-order valence-electron chi connectivity index (χ1n) is 3.52. The predicted molar refractivity (Wildman–Crippen MR) is 46.4 cm³/mol. The number of ether oxygens (including phenoxy) is 1. The summed E-state index contributed by atoms with van der Waals surface area (Å²) in [6, 6.07) is 5.41. The average Bonchev–Trinajstić information content (AvgIpc) is 2.05. The first-order valence-corrected chi connectivity index (χ1v) is 3.52. The Morgan fingerprint density at radius 3 is 2.75 bits per heavy atom. The summed E-state index contributed by atoms with van der Waals surface area (Å²) in [5, 5.41) is 11.0. The minimum atomic E-state index is 0.732. The van der Waals surface area contributed by atoms with Crippen LogP contribution in [0.5, 0.6) is 5.75 Å². The van der Waals surface area contributed by atoms with Crippen LogP contribution in [0.2, 0.25) is 0 Å². The van der Waals surface area contributed by atoms with E-state index in [4.69, 9.17) is 10.1 Å². The van der Waals surface area contributed by atoms with Gasteiger partial charge in [0.1, 0.15) is 11.4 Å². The number of rotatable bonds is 2. The van der Waals surface area contributed by atoms with Crippen molar-refractivity contribution in [2.24, 2.45) is 0 Å². The van der Waals surface area contributed by atoms with Gasteiger partial charge in [0, 0.05) is 0 Å². The molecule has 4 nitrogen and oxygen atoms in total. The molecule has 0 atom stereocenters. The molecule has 1 N–H and O–H groups in total.